The van der Waals surface area contributed by atoms with E-state index in [4.69, 9.17) is 17.0 Å². The third kappa shape index (κ3) is 6.63. The summed E-state index contributed by atoms with van der Waals surface area (Å²) in [5, 5.41) is 9.55. The SMILES string of the molecule is CCN1C(=S)NC(c2ccc(NC(=O)Nc3ccc(C(C)C)cc3)cc2)C(C(=O)OCC(C)C)=C1C. The van der Waals surface area contributed by atoms with Gasteiger partial charge < -0.3 is 25.6 Å². The zero-order valence-electron chi connectivity index (χ0n) is 21.8. The highest BCUT2D eigenvalue weighted by molar-refractivity contribution is 7.80. The molecule has 0 spiro atoms. The number of urea groups is 1. The summed E-state index contributed by atoms with van der Waals surface area (Å²) in [4.78, 5) is 27.4. The van der Waals surface area contributed by atoms with E-state index in [1.807, 2.05) is 69.0 Å². The van der Waals surface area contributed by atoms with Crippen molar-refractivity contribution in [3.8, 4) is 0 Å². The van der Waals surface area contributed by atoms with Gasteiger partial charge in [-0.25, -0.2) is 9.59 Å². The van der Waals surface area contributed by atoms with Crippen molar-refractivity contribution in [3.63, 3.8) is 0 Å². The number of thiocarbonyl (C=S) groups is 1. The van der Waals surface area contributed by atoms with E-state index in [1.165, 1.54) is 5.56 Å². The summed E-state index contributed by atoms with van der Waals surface area (Å²) < 4.78 is 5.57. The molecule has 1 unspecified atom stereocenters. The molecule has 0 saturated carbocycles. The summed E-state index contributed by atoms with van der Waals surface area (Å²) >= 11 is 5.56. The largest absolute Gasteiger partial charge is 0.462 e. The Morgan fingerprint density at radius 2 is 1.56 bits per heavy atom. The molecule has 3 N–H and O–H groups in total. The first kappa shape index (κ1) is 27.2. The molecule has 1 heterocycles. The Bertz CT molecular complexity index is 1120. The number of nitrogens with one attached hydrogen (secondary N) is 3. The number of amides is 2. The van der Waals surface area contributed by atoms with Crippen LogP contribution in [0.2, 0.25) is 0 Å². The van der Waals surface area contributed by atoms with E-state index in [9.17, 15) is 9.59 Å². The highest BCUT2D eigenvalue weighted by atomic mass is 32.1. The summed E-state index contributed by atoms with van der Waals surface area (Å²) in [7, 11) is 0. The van der Waals surface area contributed by atoms with Gasteiger partial charge in [-0.05, 0) is 73.3 Å². The Morgan fingerprint density at radius 3 is 2.06 bits per heavy atom. The molecule has 0 fully saturated rings. The molecule has 8 heteroatoms. The standard InChI is InChI=1S/C28H36N4O3S/c1-7-32-19(6)24(26(33)35-16-17(2)3)25(31-28(32)36)21-10-14-23(15-11-21)30-27(34)29-22-12-8-20(9-13-22)18(4)5/h8-15,17-18,25H,7,16H2,1-6H3,(H,31,36)(H2,29,30,34). The number of carbonyl (C=O) groups is 2. The summed E-state index contributed by atoms with van der Waals surface area (Å²) in [6.45, 7) is 13.1. The Labute approximate surface area is 219 Å². The van der Waals surface area contributed by atoms with Crippen LogP contribution in [0.4, 0.5) is 16.2 Å². The molecule has 3 rings (SSSR count). The maximum atomic E-state index is 13.1. The maximum absolute atomic E-state index is 13.1. The van der Waals surface area contributed by atoms with Crippen LogP contribution in [0.1, 0.15) is 64.6 Å². The predicted molar refractivity (Wildman–Crippen MR) is 149 cm³/mol. The maximum Gasteiger partial charge on any atom is 0.338 e. The smallest absolute Gasteiger partial charge is 0.338 e. The number of hydrogen-bond donors (Lipinski definition) is 3. The van der Waals surface area contributed by atoms with Crippen LogP contribution in [0.5, 0.6) is 0 Å². The predicted octanol–water partition coefficient (Wildman–Crippen LogP) is 6.18. The summed E-state index contributed by atoms with van der Waals surface area (Å²) in [5.41, 5.74) is 4.73. The molecular weight excluding hydrogens is 472 g/mol. The molecule has 0 radical (unpaired) electrons. The van der Waals surface area contributed by atoms with Crippen LogP contribution in [-0.4, -0.2) is 35.2 Å². The molecule has 0 aromatic heterocycles. The van der Waals surface area contributed by atoms with Gasteiger partial charge in [-0.15, -0.1) is 0 Å². The van der Waals surface area contributed by atoms with Gasteiger partial charge in [0.25, 0.3) is 0 Å². The van der Waals surface area contributed by atoms with Crippen LogP contribution < -0.4 is 16.0 Å². The number of rotatable bonds is 8. The average molecular weight is 509 g/mol. The van der Waals surface area contributed by atoms with Crippen molar-refractivity contribution in [2.24, 2.45) is 5.92 Å². The normalized spacial score (nSPS) is 15.7. The zero-order chi connectivity index (χ0) is 26.4. The lowest BCUT2D eigenvalue weighted by Gasteiger charge is -2.37. The van der Waals surface area contributed by atoms with Crippen LogP contribution in [-0.2, 0) is 9.53 Å². The van der Waals surface area contributed by atoms with Gasteiger partial charge in [-0.2, -0.15) is 0 Å². The second-order valence-electron chi connectivity index (χ2n) is 9.60. The molecule has 0 saturated heterocycles. The minimum absolute atomic E-state index is 0.234. The average Bonchev–Trinajstić information content (AvgIpc) is 2.83. The molecule has 1 atom stereocenters. The van der Waals surface area contributed by atoms with Crippen molar-refractivity contribution in [1.29, 1.82) is 0 Å². The molecule has 2 amide bonds. The quantitative estimate of drug-likeness (QED) is 0.292. The number of nitrogens with zero attached hydrogens (tertiary/aromatic N) is 1. The van der Waals surface area contributed by atoms with E-state index in [1.54, 1.807) is 12.1 Å². The monoisotopic (exact) mass is 508 g/mol. The van der Waals surface area contributed by atoms with Crippen molar-refractivity contribution in [1.82, 2.24) is 10.2 Å². The van der Waals surface area contributed by atoms with E-state index in [-0.39, 0.29) is 17.9 Å². The summed E-state index contributed by atoms with van der Waals surface area (Å²) in [5.74, 6) is 0.309. The number of allylic oxidation sites excluding steroid dienone is 1. The number of benzene rings is 2. The van der Waals surface area contributed by atoms with Crippen molar-refractivity contribution >= 4 is 40.7 Å². The molecule has 0 bridgehead atoms. The zero-order valence-corrected chi connectivity index (χ0v) is 22.7. The fourth-order valence-electron chi connectivity index (χ4n) is 4.00. The molecule has 1 aliphatic heterocycles. The molecule has 2 aromatic carbocycles. The van der Waals surface area contributed by atoms with Crippen molar-refractivity contribution in [3.05, 3.63) is 70.9 Å². The van der Waals surface area contributed by atoms with E-state index in [2.05, 4.69) is 29.8 Å². The molecule has 2 aromatic rings. The highest BCUT2D eigenvalue weighted by Gasteiger charge is 2.34. The van der Waals surface area contributed by atoms with Gasteiger partial charge in [0.05, 0.1) is 18.2 Å². The van der Waals surface area contributed by atoms with E-state index >= 15 is 0 Å². The summed E-state index contributed by atoms with van der Waals surface area (Å²) in [6, 6.07) is 14.4. The van der Waals surface area contributed by atoms with Gasteiger partial charge in [0.2, 0.25) is 0 Å². The topological polar surface area (TPSA) is 82.7 Å². The Balaban J connectivity index is 1.75. The second-order valence-corrected chi connectivity index (χ2v) is 9.98. The highest BCUT2D eigenvalue weighted by Crippen LogP contribution is 2.32. The lowest BCUT2D eigenvalue weighted by Crippen LogP contribution is -2.47. The first-order valence-electron chi connectivity index (χ1n) is 12.3. The molecule has 0 aliphatic carbocycles. The van der Waals surface area contributed by atoms with E-state index in [0.717, 1.165) is 16.9 Å². The molecule has 7 nitrogen and oxygen atoms in total. The molecule has 1 aliphatic rings. The van der Waals surface area contributed by atoms with Crippen LogP contribution >= 0.6 is 12.2 Å². The molecule has 192 valence electrons. The van der Waals surface area contributed by atoms with Gasteiger partial charge >= 0.3 is 12.0 Å². The van der Waals surface area contributed by atoms with Crippen LogP contribution in [0.15, 0.2) is 59.8 Å². The third-order valence-electron chi connectivity index (χ3n) is 6.02. The fourth-order valence-corrected chi connectivity index (χ4v) is 4.38. The van der Waals surface area contributed by atoms with E-state index < -0.39 is 6.04 Å². The minimum atomic E-state index is -0.442. The summed E-state index contributed by atoms with van der Waals surface area (Å²) in [6.07, 6.45) is 0. The number of anilines is 2. The lowest BCUT2D eigenvalue weighted by atomic mass is 9.95. The minimum Gasteiger partial charge on any atom is -0.462 e. The van der Waals surface area contributed by atoms with Gasteiger partial charge in [-0.3, -0.25) is 0 Å². The van der Waals surface area contributed by atoms with Crippen molar-refractivity contribution in [2.75, 3.05) is 23.8 Å². The van der Waals surface area contributed by atoms with Gasteiger partial charge in [0, 0.05) is 23.6 Å². The molecule has 36 heavy (non-hydrogen) atoms. The first-order chi connectivity index (χ1) is 17.1. The van der Waals surface area contributed by atoms with Crippen LogP contribution in [0, 0.1) is 5.92 Å². The Hall–Kier alpha value is -3.39. The Morgan fingerprint density at radius 1 is 1.00 bits per heavy atom. The Kier molecular flexibility index (Phi) is 9.09. The lowest BCUT2D eigenvalue weighted by molar-refractivity contribution is -0.140. The van der Waals surface area contributed by atoms with Crippen molar-refractivity contribution in [2.45, 2.75) is 53.5 Å². The third-order valence-corrected chi connectivity index (χ3v) is 6.36. The van der Waals surface area contributed by atoms with Crippen molar-refractivity contribution < 1.29 is 14.3 Å². The number of carbonyl (C=O) groups excluding carboxylic acids is 2. The number of ether oxygens (including phenoxy) is 1. The first-order valence-corrected chi connectivity index (χ1v) is 12.7. The van der Waals surface area contributed by atoms with Gasteiger partial charge in [-0.1, -0.05) is 52.0 Å². The fraction of sp³-hybridized carbons (Fsp3) is 0.393. The van der Waals surface area contributed by atoms with Crippen LogP contribution in [0.25, 0.3) is 0 Å². The number of esters is 1. The second kappa shape index (κ2) is 12.0. The van der Waals surface area contributed by atoms with Gasteiger partial charge in [0.15, 0.2) is 5.11 Å². The molecular formula is C28H36N4O3S. The number of hydrogen-bond acceptors (Lipinski definition) is 4. The van der Waals surface area contributed by atoms with Crippen LogP contribution in [0.3, 0.4) is 0 Å². The van der Waals surface area contributed by atoms with Gasteiger partial charge in [0.1, 0.15) is 0 Å². The van der Waals surface area contributed by atoms with E-state index in [0.29, 0.717) is 35.4 Å².